The maximum absolute atomic E-state index is 9.60. The van der Waals surface area contributed by atoms with Crippen LogP contribution in [0.3, 0.4) is 0 Å². The van der Waals surface area contributed by atoms with E-state index in [2.05, 4.69) is 39.6 Å². The van der Waals surface area contributed by atoms with E-state index < -0.39 is 0 Å². The maximum Gasteiger partial charge on any atom is 0.240 e. The topological polar surface area (TPSA) is 106 Å². The van der Waals surface area contributed by atoms with Crippen molar-refractivity contribution < 1.29 is 10.2 Å². The van der Waals surface area contributed by atoms with Gasteiger partial charge in [0.05, 0.1) is 6.21 Å². The van der Waals surface area contributed by atoms with E-state index in [4.69, 9.17) is 0 Å². The van der Waals surface area contributed by atoms with Gasteiger partial charge >= 0.3 is 0 Å². The SMILES string of the molecule is CC(C)CSc1n[nH]c(N/N=C\c2ccc(O)cc2O)n1. The number of aromatic hydroxyl groups is 2. The second-order valence-electron chi connectivity index (χ2n) is 4.78. The Bertz CT molecular complexity index is 627. The number of aromatic amines is 1. The molecule has 0 aliphatic heterocycles. The van der Waals surface area contributed by atoms with Crippen molar-refractivity contribution in [2.24, 2.45) is 11.0 Å². The summed E-state index contributed by atoms with van der Waals surface area (Å²) in [5, 5.41) is 30.2. The Hall–Kier alpha value is -2.22. The quantitative estimate of drug-likeness (QED) is 0.371. The molecule has 0 saturated heterocycles. The molecule has 0 unspecified atom stereocenters. The molecule has 0 atom stereocenters. The average Bonchev–Trinajstić information content (AvgIpc) is 2.87. The van der Waals surface area contributed by atoms with Gasteiger partial charge in [0, 0.05) is 17.4 Å². The number of anilines is 1. The van der Waals surface area contributed by atoms with Gasteiger partial charge in [-0.3, -0.25) is 0 Å². The molecule has 1 heterocycles. The lowest BCUT2D eigenvalue weighted by Crippen LogP contribution is -1.93. The lowest BCUT2D eigenvalue weighted by Gasteiger charge is -1.99. The minimum absolute atomic E-state index is 0.000312. The number of hydrogen-bond acceptors (Lipinski definition) is 7. The summed E-state index contributed by atoms with van der Waals surface area (Å²) < 4.78 is 0. The maximum atomic E-state index is 9.60. The first-order valence-electron chi connectivity index (χ1n) is 6.41. The first-order valence-corrected chi connectivity index (χ1v) is 7.39. The van der Waals surface area contributed by atoms with Crippen molar-refractivity contribution in [3.63, 3.8) is 0 Å². The van der Waals surface area contributed by atoms with Gasteiger partial charge in [0.2, 0.25) is 11.1 Å². The Balaban J connectivity index is 1.92. The third kappa shape index (κ3) is 4.67. The summed E-state index contributed by atoms with van der Waals surface area (Å²) in [5.41, 5.74) is 3.18. The van der Waals surface area contributed by atoms with E-state index in [9.17, 15) is 10.2 Å². The smallest absolute Gasteiger partial charge is 0.240 e. The first-order chi connectivity index (χ1) is 10.0. The Morgan fingerprint density at radius 1 is 1.43 bits per heavy atom. The molecule has 0 aliphatic rings. The van der Waals surface area contributed by atoms with Crippen LogP contribution in [0, 0.1) is 5.92 Å². The molecule has 21 heavy (non-hydrogen) atoms. The highest BCUT2D eigenvalue weighted by Gasteiger charge is 2.04. The van der Waals surface area contributed by atoms with Crippen molar-refractivity contribution >= 4 is 23.9 Å². The van der Waals surface area contributed by atoms with E-state index in [1.807, 2.05) is 0 Å². The fraction of sp³-hybridized carbons (Fsp3) is 0.308. The van der Waals surface area contributed by atoms with Gasteiger partial charge in [-0.1, -0.05) is 25.6 Å². The number of hydrazone groups is 1. The predicted octanol–water partition coefficient (Wildman–Crippen LogP) is 2.41. The van der Waals surface area contributed by atoms with E-state index in [-0.39, 0.29) is 11.5 Å². The number of benzene rings is 1. The van der Waals surface area contributed by atoms with Crippen LogP contribution in [-0.2, 0) is 0 Å². The van der Waals surface area contributed by atoms with Gasteiger partial charge in [-0.25, -0.2) is 10.5 Å². The molecule has 2 aromatic rings. The summed E-state index contributed by atoms with van der Waals surface area (Å²) in [6.45, 7) is 4.26. The van der Waals surface area contributed by atoms with Crippen LogP contribution in [0.1, 0.15) is 19.4 Å². The van der Waals surface area contributed by atoms with Gasteiger partial charge < -0.3 is 10.2 Å². The number of aromatic nitrogens is 3. The second-order valence-corrected chi connectivity index (χ2v) is 5.77. The van der Waals surface area contributed by atoms with Crippen molar-refractivity contribution in [2.45, 2.75) is 19.0 Å². The third-order valence-corrected chi connectivity index (χ3v) is 3.67. The summed E-state index contributed by atoms with van der Waals surface area (Å²) in [7, 11) is 0. The zero-order valence-corrected chi connectivity index (χ0v) is 12.6. The molecule has 7 nitrogen and oxygen atoms in total. The summed E-state index contributed by atoms with van der Waals surface area (Å²) in [6.07, 6.45) is 1.43. The predicted molar refractivity (Wildman–Crippen MR) is 82.9 cm³/mol. The molecule has 112 valence electrons. The van der Waals surface area contributed by atoms with Gasteiger partial charge in [0.1, 0.15) is 11.5 Å². The van der Waals surface area contributed by atoms with E-state index in [0.717, 1.165) is 5.75 Å². The minimum Gasteiger partial charge on any atom is -0.508 e. The average molecular weight is 307 g/mol. The highest BCUT2D eigenvalue weighted by molar-refractivity contribution is 7.99. The molecule has 0 spiro atoms. The van der Waals surface area contributed by atoms with Gasteiger partial charge in [-0.05, 0) is 18.1 Å². The molecule has 0 fully saturated rings. The number of rotatable bonds is 6. The highest BCUT2D eigenvalue weighted by atomic mass is 32.2. The molecule has 0 amide bonds. The number of nitrogens with one attached hydrogen (secondary N) is 2. The zero-order chi connectivity index (χ0) is 15.2. The number of phenols is 2. The fourth-order valence-electron chi connectivity index (χ4n) is 1.41. The van der Waals surface area contributed by atoms with E-state index in [0.29, 0.717) is 22.6 Å². The number of thioether (sulfide) groups is 1. The molecule has 4 N–H and O–H groups in total. The summed E-state index contributed by atoms with van der Waals surface area (Å²) in [6, 6.07) is 4.27. The molecule has 0 bridgehead atoms. The number of hydrogen-bond donors (Lipinski definition) is 4. The summed E-state index contributed by atoms with van der Waals surface area (Å²) in [5.74, 6) is 1.89. The van der Waals surface area contributed by atoms with Crippen LogP contribution in [0.2, 0.25) is 0 Å². The fourth-order valence-corrected chi connectivity index (χ4v) is 2.15. The zero-order valence-electron chi connectivity index (χ0n) is 11.7. The van der Waals surface area contributed by atoms with Crippen molar-refractivity contribution in [3.8, 4) is 11.5 Å². The van der Waals surface area contributed by atoms with Crippen LogP contribution in [0.5, 0.6) is 11.5 Å². The molecule has 1 aromatic carbocycles. The molecule has 8 heteroatoms. The van der Waals surface area contributed by atoms with E-state index in [1.54, 1.807) is 17.8 Å². The molecule has 1 aromatic heterocycles. The largest absolute Gasteiger partial charge is 0.508 e. The highest BCUT2D eigenvalue weighted by Crippen LogP contribution is 2.21. The minimum atomic E-state index is -0.0497. The second kappa shape index (κ2) is 6.98. The lowest BCUT2D eigenvalue weighted by atomic mass is 10.2. The van der Waals surface area contributed by atoms with Crippen LogP contribution in [-0.4, -0.2) is 37.4 Å². The molecular formula is C13H17N5O2S. The van der Waals surface area contributed by atoms with Gasteiger partial charge in [0.15, 0.2) is 0 Å². The van der Waals surface area contributed by atoms with E-state index in [1.165, 1.54) is 18.3 Å². The molecular weight excluding hydrogens is 290 g/mol. The normalized spacial score (nSPS) is 11.4. The van der Waals surface area contributed by atoms with Crippen molar-refractivity contribution in [2.75, 3.05) is 11.2 Å². The van der Waals surface area contributed by atoms with Gasteiger partial charge in [0.25, 0.3) is 0 Å². The van der Waals surface area contributed by atoms with Crippen molar-refractivity contribution in [1.29, 1.82) is 0 Å². The molecule has 2 rings (SSSR count). The molecule has 0 radical (unpaired) electrons. The van der Waals surface area contributed by atoms with Crippen LogP contribution < -0.4 is 5.43 Å². The Morgan fingerprint density at radius 2 is 2.24 bits per heavy atom. The van der Waals surface area contributed by atoms with Crippen LogP contribution >= 0.6 is 11.8 Å². The van der Waals surface area contributed by atoms with Crippen LogP contribution in [0.15, 0.2) is 28.5 Å². The number of H-pyrrole nitrogens is 1. The van der Waals surface area contributed by atoms with Gasteiger partial charge in [-0.15, -0.1) is 5.10 Å². The van der Waals surface area contributed by atoms with Crippen molar-refractivity contribution in [3.05, 3.63) is 23.8 Å². The Kier molecular flexibility index (Phi) is 5.04. The Morgan fingerprint density at radius 3 is 2.95 bits per heavy atom. The van der Waals surface area contributed by atoms with E-state index >= 15 is 0 Å². The summed E-state index contributed by atoms with van der Waals surface area (Å²) in [4.78, 5) is 4.22. The van der Waals surface area contributed by atoms with Crippen LogP contribution in [0.4, 0.5) is 5.95 Å². The lowest BCUT2D eigenvalue weighted by molar-refractivity contribution is 0.450. The van der Waals surface area contributed by atoms with Crippen molar-refractivity contribution in [1.82, 2.24) is 15.2 Å². The summed E-state index contributed by atoms with van der Waals surface area (Å²) >= 11 is 1.57. The molecule has 0 saturated carbocycles. The molecule has 0 aliphatic carbocycles. The standard InChI is InChI=1S/C13H17N5O2S/c1-8(2)7-21-13-15-12(17-18-13)16-14-6-9-3-4-10(19)5-11(9)20/h3-6,8,19-20H,7H2,1-2H3,(H2,15,16,17,18)/b14-6-. The first kappa shape index (κ1) is 15.2. The monoisotopic (exact) mass is 307 g/mol. The third-order valence-electron chi connectivity index (χ3n) is 2.40. The number of nitrogens with zero attached hydrogens (tertiary/aromatic N) is 3. The van der Waals surface area contributed by atoms with Gasteiger partial charge in [-0.2, -0.15) is 10.1 Å². The van der Waals surface area contributed by atoms with Crippen LogP contribution in [0.25, 0.3) is 0 Å². The number of phenolic OH excluding ortho intramolecular Hbond substituents is 2. The Labute approximate surface area is 126 Å².